The van der Waals surface area contributed by atoms with Crippen LogP contribution in [0.3, 0.4) is 0 Å². The Labute approximate surface area is 112 Å². The topological polar surface area (TPSA) is 39.1 Å². The Morgan fingerprint density at radius 1 is 1.26 bits per heavy atom. The maximum Gasteiger partial charge on any atom is 0.123 e. The van der Waals surface area contributed by atoms with Crippen molar-refractivity contribution in [2.75, 3.05) is 26.8 Å². The first-order chi connectivity index (χ1) is 9.31. The van der Waals surface area contributed by atoms with E-state index in [9.17, 15) is 4.39 Å². The third-order valence-corrected chi connectivity index (χ3v) is 2.86. The Morgan fingerprint density at radius 3 is 2.79 bits per heavy atom. The van der Waals surface area contributed by atoms with Crippen LogP contribution >= 0.6 is 0 Å². The van der Waals surface area contributed by atoms with Crippen LogP contribution in [-0.4, -0.2) is 36.4 Å². The van der Waals surface area contributed by atoms with E-state index < -0.39 is 0 Å². The predicted octanol–water partition coefficient (Wildman–Crippen LogP) is 1.93. The molecule has 102 valence electrons. The summed E-state index contributed by atoms with van der Waals surface area (Å²) in [6.45, 7) is 3.19. The van der Waals surface area contributed by atoms with Gasteiger partial charge in [-0.25, -0.2) is 9.37 Å². The second-order valence-corrected chi connectivity index (χ2v) is 4.22. The van der Waals surface area contributed by atoms with Gasteiger partial charge in [-0.3, -0.25) is 0 Å². The van der Waals surface area contributed by atoms with Gasteiger partial charge in [0, 0.05) is 26.7 Å². The molecule has 2 aromatic rings. The molecule has 0 atom stereocenters. The largest absolute Gasteiger partial charge is 0.383 e. The summed E-state index contributed by atoms with van der Waals surface area (Å²) in [5, 5.41) is 3.28. The Kier molecular flexibility index (Phi) is 5.06. The van der Waals surface area contributed by atoms with Crippen molar-refractivity contribution >= 4 is 0 Å². The molecule has 0 aliphatic rings. The number of rotatable bonds is 7. The van der Waals surface area contributed by atoms with Gasteiger partial charge in [0.25, 0.3) is 0 Å². The van der Waals surface area contributed by atoms with Crippen LogP contribution in [0.5, 0.6) is 0 Å². The summed E-state index contributed by atoms with van der Waals surface area (Å²) in [6, 6.07) is 6.45. The molecule has 0 saturated carbocycles. The van der Waals surface area contributed by atoms with Crippen LogP contribution < -0.4 is 5.32 Å². The van der Waals surface area contributed by atoms with Crippen molar-refractivity contribution in [3.63, 3.8) is 0 Å². The third-order valence-electron chi connectivity index (χ3n) is 2.86. The molecule has 0 unspecified atom stereocenters. The van der Waals surface area contributed by atoms with E-state index in [1.165, 1.54) is 12.1 Å². The van der Waals surface area contributed by atoms with Gasteiger partial charge in [0.2, 0.25) is 0 Å². The normalized spacial score (nSPS) is 10.8. The fourth-order valence-electron chi connectivity index (χ4n) is 1.86. The number of benzene rings is 1. The van der Waals surface area contributed by atoms with Crippen LogP contribution in [0.15, 0.2) is 36.8 Å². The van der Waals surface area contributed by atoms with Crippen molar-refractivity contribution in [1.82, 2.24) is 14.9 Å². The van der Waals surface area contributed by atoms with Crippen molar-refractivity contribution in [1.29, 1.82) is 0 Å². The minimum absolute atomic E-state index is 0.226. The number of aromatic nitrogens is 2. The highest BCUT2D eigenvalue weighted by Crippen LogP contribution is 2.18. The van der Waals surface area contributed by atoms with Gasteiger partial charge < -0.3 is 14.6 Å². The molecule has 0 aliphatic heterocycles. The van der Waals surface area contributed by atoms with Gasteiger partial charge in [0.1, 0.15) is 5.82 Å². The number of imidazole rings is 1. The molecule has 0 saturated heterocycles. The average Bonchev–Trinajstić information content (AvgIpc) is 2.88. The van der Waals surface area contributed by atoms with Gasteiger partial charge in [-0.2, -0.15) is 0 Å². The Balaban J connectivity index is 1.96. The zero-order valence-electron chi connectivity index (χ0n) is 11.0. The van der Waals surface area contributed by atoms with E-state index in [4.69, 9.17) is 4.74 Å². The number of nitrogens with zero attached hydrogens (tertiary/aromatic N) is 2. The molecule has 19 heavy (non-hydrogen) atoms. The second kappa shape index (κ2) is 7.01. The fraction of sp³-hybridized carbons (Fsp3) is 0.357. The van der Waals surface area contributed by atoms with Crippen LogP contribution in [0.4, 0.5) is 4.39 Å². The summed E-state index contributed by atoms with van der Waals surface area (Å²) in [6.07, 6.45) is 3.58. The van der Waals surface area contributed by atoms with E-state index >= 15 is 0 Å². The van der Waals surface area contributed by atoms with E-state index in [0.29, 0.717) is 6.61 Å². The molecule has 0 fully saturated rings. The minimum Gasteiger partial charge on any atom is -0.383 e. The smallest absolute Gasteiger partial charge is 0.123 e. The quantitative estimate of drug-likeness (QED) is 0.776. The van der Waals surface area contributed by atoms with E-state index in [1.807, 2.05) is 4.57 Å². The number of nitrogens with one attached hydrogen (secondary N) is 1. The number of halogens is 1. The first-order valence-electron chi connectivity index (χ1n) is 6.27. The molecular formula is C14H18FN3O. The molecule has 1 heterocycles. The van der Waals surface area contributed by atoms with E-state index in [2.05, 4.69) is 10.3 Å². The molecule has 2 rings (SSSR count). The fourth-order valence-corrected chi connectivity index (χ4v) is 1.86. The molecule has 1 N–H and O–H groups in total. The van der Waals surface area contributed by atoms with Crippen LogP contribution in [0.2, 0.25) is 0 Å². The monoisotopic (exact) mass is 263 g/mol. The van der Waals surface area contributed by atoms with Crippen molar-refractivity contribution in [2.45, 2.75) is 6.54 Å². The Hall–Kier alpha value is -1.72. The predicted molar refractivity (Wildman–Crippen MR) is 72.4 cm³/mol. The molecule has 5 heteroatoms. The lowest BCUT2D eigenvalue weighted by atomic mass is 10.1. The van der Waals surface area contributed by atoms with Crippen LogP contribution in [0, 0.1) is 5.82 Å². The minimum atomic E-state index is -0.226. The van der Waals surface area contributed by atoms with Crippen molar-refractivity contribution in [3.05, 3.63) is 42.6 Å². The lowest BCUT2D eigenvalue weighted by molar-refractivity contribution is 0.199. The molecular weight excluding hydrogens is 245 g/mol. The molecule has 1 aromatic heterocycles. The molecule has 0 radical (unpaired) electrons. The number of hydrogen-bond donors (Lipinski definition) is 1. The van der Waals surface area contributed by atoms with E-state index in [-0.39, 0.29) is 5.82 Å². The SMILES string of the molecule is COCCNCCn1cncc1-c1ccc(F)cc1. The van der Waals surface area contributed by atoms with Gasteiger partial charge >= 0.3 is 0 Å². The summed E-state index contributed by atoms with van der Waals surface area (Å²) in [5.74, 6) is -0.226. The van der Waals surface area contributed by atoms with Crippen LogP contribution in [-0.2, 0) is 11.3 Å². The van der Waals surface area contributed by atoms with Crippen molar-refractivity contribution in [3.8, 4) is 11.3 Å². The average molecular weight is 263 g/mol. The van der Waals surface area contributed by atoms with Gasteiger partial charge in [0.15, 0.2) is 0 Å². The molecule has 1 aromatic carbocycles. The zero-order valence-corrected chi connectivity index (χ0v) is 11.0. The highest BCUT2D eigenvalue weighted by molar-refractivity contribution is 5.58. The summed E-state index contributed by atoms with van der Waals surface area (Å²) in [4.78, 5) is 4.15. The standard InChI is InChI=1S/C14H18FN3O/c1-19-9-7-16-6-8-18-11-17-10-14(18)12-2-4-13(15)5-3-12/h2-5,10-11,16H,6-9H2,1H3. The van der Waals surface area contributed by atoms with Crippen molar-refractivity contribution in [2.24, 2.45) is 0 Å². The van der Waals surface area contributed by atoms with Gasteiger partial charge in [0.05, 0.1) is 24.8 Å². The summed E-state index contributed by atoms with van der Waals surface area (Å²) in [7, 11) is 1.68. The van der Waals surface area contributed by atoms with Crippen molar-refractivity contribution < 1.29 is 9.13 Å². The summed E-state index contributed by atoms with van der Waals surface area (Å²) < 4.78 is 19.9. The van der Waals surface area contributed by atoms with Crippen LogP contribution in [0.25, 0.3) is 11.3 Å². The second-order valence-electron chi connectivity index (χ2n) is 4.22. The maximum absolute atomic E-state index is 12.9. The molecule has 0 bridgehead atoms. The molecule has 0 amide bonds. The highest BCUT2D eigenvalue weighted by Gasteiger charge is 2.04. The Morgan fingerprint density at radius 2 is 2.05 bits per heavy atom. The highest BCUT2D eigenvalue weighted by atomic mass is 19.1. The van der Waals surface area contributed by atoms with Gasteiger partial charge in [-0.1, -0.05) is 0 Å². The lowest BCUT2D eigenvalue weighted by Gasteiger charge is -2.09. The third kappa shape index (κ3) is 3.87. The lowest BCUT2D eigenvalue weighted by Crippen LogP contribution is -2.23. The molecule has 4 nitrogen and oxygen atoms in total. The van der Waals surface area contributed by atoms with E-state index in [1.54, 1.807) is 31.8 Å². The zero-order chi connectivity index (χ0) is 13.5. The van der Waals surface area contributed by atoms with Gasteiger partial charge in [-0.15, -0.1) is 0 Å². The maximum atomic E-state index is 12.9. The van der Waals surface area contributed by atoms with E-state index in [0.717, 1.165) is 30.9 Å². The van der Waals surface area contributed by atoms with Gasteiger partial charge in [-0.05, 0) is 29.8 Å². The first-order valence-corrected chi connectivity index (χ1v) is 6.27. The first kappa shape index (κ1) is 13.7. The number of ether oxygens (including phenoxy) is 1. The van der Waals surface area contributed by atoms with Crippen LogP contribution in [0.1, 0.15) is 0 Å². The number of methoxy groups -OCH3 is 1. The Bertz CT molecular complexity index is 496. The number of hydrogen-bond acceptors (Lipinski definition) is 3. The summed E-state index contributed by atoms with van der Waals surface area (Å²) in [5.41, 5.74) is 1.96. The molecule has 0 spiro atoms. The summed E-state index contributed by atoms with van der Waals surface area (Å²) >= 11 is 0. The molecule has 0 aliphatic carbocycles.